The average molecular weight is 212 g/mol. The van der Waals surface area contributed by atoms with Crippen molar-refractivity contribution in [2.24, 2.45) is 5.92 Å². The van der Waals surface area contributed by atoms with E-state index < -0.39 is 0 Å². The van der Waals surface area contributed by atoms with E-state index in [0.29, 0.717) is 5.92 Å². The molecular formula is C14H16N2. The van der Waals surface area contributed by atoms with E-state index in [9.17, 15) is 0 Å². The van der Waals surface area contributed by atoms with Crippen molar-refractivity contribution in [2.45, 2.75) is 20.3 Å². The first-order chi connectivity index (χ1) is 7.66. The third kappa shape index (κ3) is 1.19. The van der Waals surface area contributed by atoms with Gasteiger partial charge < -0.3 is 5.84 Å². The Balaban J connectivity index is 2.37. The number of hydrogen-bond acceptors (Lipinski definition) is 1. The van der Waals surface area contributed by atoms with Crippen LogP contribution in [0.25, 0.3) is 17.0 Å². The van der Waals surface area contributed by atoms with Crippen molar-refractivity contribution in [1.29, 1.82) is 0 Å². The van der Waals surface area contributed by atoms with Crippen LogP contribution in [0.3, 0.4) is 0 Å². The van der Waals surface area contributed by atoms with Gasteiger partial charge >= 0.3 is 0 Å². The van der Waals surface area contributed by atoms with Crippen LogP contribution in [-0.4, -0.2) is 4.68 Å². The summed E-state index contributed by atoms with van der Waals surface area (Å²) in [5.74, 6) is 6.76. The molecule has 2 nitrogen and oxygen atoms in total. The second kappa shape index (κ2) is 3.14. The lowest BCUT2D eigenvalue weighted by Crippen LogP contribution is -2.15. The number of nitrogens with two attached hydrogens (primary N) is 1. The zero-order valence-electron chi connectivity index (χ0n) is 9.70. The van der Waals surface area contributed by atoms with Crippen molar-refractivity contribution in [3.63, 3.8) is 0 Å². The van der Waals surface area contributed by atoms with Gasteiger partial charge in [0.2, 0.25) is 0 Å². The summed E-state index contributed by atoms with van der Waals surface area (Å²) in [6.07, 6.45) is 5.52. The van der Waals surface area contributed by atoms with Gasteiger partial charge in [-0.15, -0.1) is 0 Å². The summed E-state index contributed by atoms with van der Waals surface area (Å²) < 4.78 is 1.86. The zero-order valence-corrected chi connectivity index (χ0v) is 9.70. The van der Waals surface area contributed by atoms with Gasteiger partial charge in [0.25, 0.3) is 0 Å². The van der Waals surface area contributed by atoms with Gasteiger partial charge in [0, 0.05) is 16.6 Å². The number of allylic oxidation sites excluding steroid dienone is 1. The van der Waals surface area contributed by atoms with Crippen molar-refractivity contribution >= 4 is 17.0 Å². The number of rotatable bonds is 0. The minimum absolute atomic E-state index is 0.584. The third-order valence-corrected chi connectivity index (χ3v) is 3.41. The van der Waals surface area contributed by atoms with E-state index in [4.69, 9.17) is 5.84 Å². The van der Waals surface area contributed by atoms with Gasteiger partial charge in [-0.05, 0) is 30.9 Å². The number of benzene rings is 1. The molecular weight excluding hydrogens is 196 g/mol. The lowest BCUT2D eigenvalue weighted by molar-refractivity contribution is 0.684. The number of nitrogen functional groups attached to an aromatic ring is 1. The Hall–Kier alpha value is -1.70. The molecule has 2 aromatic rings. The van der Waals surface area contributed by atoms with Gasteiger partial charge in [0.1, 0.15) is 0 Å². The number of hydrogen-bond donors (Lipinski definition) is 1. The van der Waals surface area contributed by atoms with Crippen LogP contribution < -0.4 is 5.84 Å². The molecule has 1 aromatic heterocycles. The molecule has 1 aliphatic rings. The molecule has 1 unspecified atom stereocenters. The highest BCUT2D eigenvalue weighted by Crippen LogP contribution is 2.31. The average Bonchev–Trinajstić information content (AvgIpc) is 2.53. The first-order valence-electron chi connectivity index (χ1n) is 5.74. The van der Waals surface area contributed by atoms with Crippen molar-refractivity contribution in [3.8, 4) is 0 Å². The maximum Gasteiger partial charge on any atom is 0.0702 e. The van der Waals surface area contributed by atoms with Crippen molar-refractivity contribution < 1.29 is 0 Å². The highest BCUT2D eigenvalue weighted by Gasteiger charge is 2.18. The third-order valence-electron chi connectivity index (χ3n) is 3.41. The van der Waals surface area contributed by atoms with Gasteiger partial charge in [0.15, 0.2) is 0 Å². The molecule has 1 aromatic carbocycles. The molecule has 1 heterocycles. The smallest absolute Gasteiger partial charge is 0.0702 e. The van der Waals surface area contributed by atoms with E-state index in [1.807, 2.05) is 4.68 Å². The Morgan fingerprint density at radius 2 is 2.19 bits per heavy atom. The molecule has 0 spiro atoms. The Morgan fingerprint density at radius 1 is 1.38 bits per heavy atom. The Bertz CT molecular complexity index is 590. The maximum absolute atomic E-state index is 6.17. The van der Waals surface area contributed by atoms with Crippen LogP contribution in [0.1, 0.15) is 23.7 Å². The quantitative estimate of drug-likeness (QED) is 0.669. The molecule has 1 aliphatic carbocycles. The molecule has 3 rings (SSSR count). The fourth-order valence-corrected chi connectivity index (χ4v) is 2.53. The second-order valence-corrected chi connectivity index (χ2v) is 4.79. The predicted octanol–water partition coefficient (Wildman–Crippen LogP) is 2.87. The van der Waals surface area contributed by atoms with Crippen LogP contribution in [0.5, 0.6) is 0 Å². The largest absolute Gasteiger partial charge is 0.339 e. The molecule has 2 N–H and O–H groups in total. The number of nitrogens with zero attached hydrogens (tertiary/aromatic N) is 1. The monoisotopic (exact) mass is 212 g/mol. The van der Waals surface area contributed by atoms with E-state index in [0.717, 1.165) is 11.9 Å². The summed E-state index contributed by atoms with van der Waals surface area (Å²) in [5, 5.41) is 1.27. The molecule has 0 radical (unpaired) electrons. The molecule has 1 atom stereocenters. The molecule has 0 bridgehead atoms. The predicted molar refractivity (Wildman–Crippen MR) is 68.7 cm³/mol. The van der Waals surface area contributed by atoms with E-state index in [1.165, 1.54) is 22.2 Å². The zero-order chi connectivity index (χ0) is 11.3. The lowest BCUT2D eigenvalue weighted by atomic mass is 9.95. The molecule has 16 heavy (non-hydrogen) atoms. The first-order valence-corrected chi connectivity index (χ1v) is 5.74. The maximum atomic E-state index is 6.17. The Labute approximate surface area is 95.3 Å². The number of aryl methyl sites for hydroxylation is 1. The van der Waals surface area contributed by atoms with Crippen LogP contribution in [0.2, 0.25) is 0 Å². The SMILES string of the molecule is Cc1ccc2c3c(n(N)c2c1)CC(C)C=C3. The number of fused-ring (bicyclic) bond motifs is 3. The minimum Gasteiger partial charge on any atom is -0.339 e. The van der Waals surface area contributed by atoms with Crippen molar-refractivity contribution in [2.75, 3.05) is 5.84 Å². The summed E-state index contributed by atoms with van der Waals surface area (Å²) in [6, 6.07) is 6.48. The van der Waals surface area contributed by atoms with Gasteiger partial charge in [-0.25, -0.2) is 0 Å². The molecule has 0 saturated heterocycles. The summed E-state index contributed by atoms with van der Waals surface area (Å²) >= 11 is 0. The van der Waals surface area contributed by atoms with Crippen LogP contribution >= 0.6 is 0 Å². The Morgan fingerprint density at radius 3 is 3.00 bits per heavy atom. The van der Waals surface area contributed by atoms with Crippen LogP contribution in [0.15, 0.2) is 24.3 Å². The van der Waals surface area contributed by atoms with E-state index >= 15 is 0 Å². The molecule has 0 saturated carbocycles. The van der Waals surface area contributed by atoms with Gasteiger partial charge in [-0.1, -0.05) is 31.2 Å². The molecule has 0 amide bonds. The van der Waals surface area contributed by atoms with Crippen LogP contribution in [0.4, 0.5) is 0 Å². The van der Waals surface area contributed by atoms with Crippen LogP contribution in [-0.2, 0) is 6.42 Å². The molecule has 82 valence electrons. The highest BCUT2D eigenvalue weighted by atomic mass is 15.3. The summed E-state index contributed by atoms with van der Waals surface area (Å²) in [7, 11) is 0. The van der Waals surface area contributed by atoms with Crippen molar-refractivity contribution in [3.05, 3.63) is 41.1 Å². The lowest BCUT2D eigenvalue weighted by Gasteiger charge is -2.13. The van der Waals surface area contributed by atoms with E-state index in [-0.39, 0.29) is 0 Å². The van der Waals surface area contributed by atoms with E-state index in [2.05, 4.69) is 44.2 Å². The molecule has 2 heteroatoms. The van der Waals surface area contributed by atoms with Crippen molar-refractivity contribution in [1.82, 2.24) is 4.68 Å². The summed E-state index contributed by atoms with van der Waals surface area (Å²) in [5.41, 5.74) is 4.96. The minimum atomic E-state index is 0.584. The first kappa shape index (κ1) is 9.52. The van der Waals surface area contributed by atoms with Gasteiger partial charge in [-0.2, -0.15) is 0 Å². The summed E-state index contributed by atoms with van der Waals surface area (Å²) in [4.78, 5) is 0. The van der Waals surface area contributed by atoms with Gasteiger partial charge in [-0.3, -0.25) is 4.68 Å². The highest BCUT2D eigenvalue weighted by molar-refractivity contribution is 5.92. The molecule has 0 aliphatic heterocycles. The standard InChI is InChI=1S/C14H16N2/c1-9-3-5-11-12-6-4-10(2)8-14(12)16(15)13(11)7-9/h3-7,10H,8,15H2,1-2H3. The fourth-order valence-electron chi connectivity index (χ4n) is 2.53. The second-order valence-electron chi connectivity index (χ2n) is 4.79. The molecule has 0 fully saturated rings. The fraction of sp³-hybridized carbons (Fsp3) is 0.286. The Kier molecular flexibility index (Phi) is 1.87. The summed E-state index contributed by atoms with van der Waals surface area (Å²) in [6.45, 7) is 4.33. The topological polar surface area (TPSA) is 30.9 Å². The van der Waals surface area contributed by atoms with Crippen LogP contribution in [0, 0.1) is 12.8 Å². The van der Waals surface area contributed by atoms with Gasteiger partial charge in [0.05, 0.1) is 5.52 Å². The normalized spacial score (nSPS) is 19.0. The van der Waals surface area contributed by atoms with E-state index in [1.54, 1.807) is 0 Å². The number of aromatic nitrogens is 1.